The Morgan fingerprint density at radius 2 is 1.25 bits per heavy atom. The van der Waals surface area contributed by atoms with Gasteiger partial charge in [0.25, 0.3) is 0 Å². The lowest BCUT2D eigenvalue weighted by molar-refractivity contribution is 0.738. The van der Waals surface area contributed by atoms with Gasteiger partial charge in [-0.1, -0.05) is 130 Å². The van der Waals surface area contributed by atoms with Gasteiger partial charge in [-0.05, 0) is 106 Å². The summed E-state index contributed by atoms with van der Waals surface area (Å²) >= 11 is 0. The van der Waals surface area contributed by atoms with Crippen LogP contribution in [0.1, 0.15) is 58.0 Å². The van der Waals surface area contributed by atoms with Gasteiger partial charge < -0.3 is 0 Å². The summed E-state index contributed by atoms with van der Waals surface area (Å²) in [6.07, 6.45) is 14.0. The molecule has 0 N–H and O–H groups in total. The van der Waals surface area contributed by atoms with Gasteiger partial charge in [0.05, 0.1) is 5.52 Å². The molecular formula is C49H42N4. The van der Waals surface area contributed by atoms with Gasteiger partial charge in [0, 0.05) is 33.8 Å². The number of rotatable bonds is 5. The molecule has 258 valence electrons. The largest absolute Gasteiger partial charge is 0.256 e. The second-order valence-corrected chi connectivity index (χ2v) is 13.4. The molecule has 1 atom stereocenters. The second kappa shape index (κ2) is 14.4. The molecule has 0 saturated heterocycles. The first-order valence-electron chi connectivity index (χ1n) is 18.7. The molecule has 5 aromatic carbocycles. The van der Waals surface area contributed by atoms with E-state index in [1.807, 2.05) is 44.3 Å². The third-order valence-corrected chi connectivity index (χ3v) is 10.2. The first-order chi connectivity index (χ1) is 26.1. The Labute approximate surface area is 312 Å². The Morgan fingerprint density at radius 3 is 2.00 bits per heavy atom. The van der Waals surface area contributed by atoms with E-state index in [0.29, 0.717) is 23.4 Å². The van der Waals surface area contributed by atoms with Gasteiger partial charge in [0.2, 0.25) is 0 Å². The zero-order chi connectivity index (χ0) is 36.5. The van der Waals surface area contributed by atoms with E-state index >= 15 is 0 Å². The van der Waals surface area contributed by atoms with Crippen LogP contribution < -0.4 is 0 Å². The molecule has 7 aromatic rings. The molecule has 0 aliphatic heterocycles. The van der Waals surface area contributed by atoms with Crippen LogP contribution in [0, 0.1) is 5.92 Å². The molecule has 4 nitrogen and oxygen atoms in total. The van der Waals surface area contributed by atoms with E-state index in [1.165, 1.54) is 38.6 Å². The van der Waals surface area contributed by atoms with E-state index in [-0.39, 0.29) is 0 Å². The smallest absolute Gasteiger partial charge is 0.164 e. The van der Waals surface area contributed by atoms with Crippen LogP contribution in [0.5, 0.6) is 0 Å². The van der Waals surface area contributed by atoms with Crippen molar-refractivity contribution in [1.29, 1.82) is 0 Å². The van der Waals surface area contributed by atoms with Crippen molar-refractivity contribution in [2.24, 2.45) is 5.92 Å². The third-order valence-electron chi connectivity index (χ3n) is 10.2. The van der Waals surface area contributed by atoms with Crippen LogP contribution in [-0.4, -0.2) is 19.9 Å². The van der Waals surface area contributed by atoms with Crippen LogP contribution in [-0.2, 0) is 0 Å². The van der Waals surface area contributed by atoms with Gasteiger partial charge in [-0.15, -0.1) is 0 Å². The van der Waals surface area contributed by atoms with Crippen LogP contribution in [0.4, 0.5) is 0 Å². The fourth-order valence-corrected chi connectivity index (χ4v) is 7.57. The van der Waals surface area contributed by atoms with E-state index in [9.17, 15) is 0 Å². The molecule has 0 saturated carbocycles. The first-order valence-corrected chi connectivity index (χ1v) is 18.7. The molecule has 0 bridgehead atoms. The molecule has 53 heavy (non-hydrogen) atoms. The molecule has 0 spiro atoms. The van der Waals surface area contributed by atoms with E-state index in [4.69, 9.17) is 19.9 Å². The van der Waals surface area contributed by atoms with Crippen LogP contribution >= 0.6 is 0 Å². The lowest BCUT2D eigenvalue weighted by atomic mass is 9.91. The van der Waals surface area contributed by atoms with E-state index in [2.05, 4.69) is 136 Å². The highest BCUT2D eigenvalue weighted by Crippen LogP contribution is 2.48. The number of fused-ring (bicyclic) bond motifs is 1. The number of hydrogen-bond acceptors (Lipinski definition) is 4. The molecular weight excluding hydrogens is 645 g/mol. The highest BCUT2D eigenvalue weighted by atomic mass is 15.0. The maximum Gasteiger partial charge on any atom is 0.164 e. The molecule has 2 aliphatic carbocycles. The highest BCUT2D eigenvalue weighted by Gasteiger charge is 2.25. The molecule has 2 aliphatic rings. The molecule has 2 heterocycles. The SMILES string of the molecule is C/C=C1\C(=C/C)c2ccc(-c3cc(-c4cnc5ccccc5c4)cc(-c4nc(C5=CCC(C)C=C5)nc(-c5ccccc5)n4)c3)c3cccc1c23.CC. The molecule has 0 fully saturated rings. The summed E-state index contributed by atoms with van der Waals surface area (Å²) < 4.78 is 0. The average Bonchev–Trinajstić information content (AvgIpc) is 3.55. The number of pyridine rings is 1. The van der Waals surface area contributed by atoms with Gasteiger partial charge in [-0.3, -0.25) is 4.98 Å². The maximum absolute atomic E-state index is 5.17. The highest BCUT2D eigenvalue weighted by molar-refractivity contribution is 6.24. The average molecular weight is 687 g/mol. The molecule has 0 radical (unpaired) electrons. The number of benzene rings is 5. The summed E-state index contributed by atoms with van der Waals surface area (Å²) in [6.45, 7) is 10.5. The van der Waals surface area contributed by atoms with E-state index < -0.39 is 0 Å². The molecule has 4 heteroatoms. The van der Waals surface area contributed by atoms with Crippen LogP contribution in [0.2, 0.25) is 0 Å². The Morgan fingerprint density at radius 1 is 0.585 bits per heavy atom. The number of allylic oxidation sites excluding steroid dienone is 8. The van der Waals surface area contributed by atoms with E-state index in [0.717, 1.165) is 50.7 Å². The number of hydrogen-bond donors (Lipinski definition) is 0. The van der Waals surface area contributed by atoms with Crippen molar-refractivity contribution in [1.82, 2.24) is 19.9 Å². The maximum atomic E-state index is 5.17. The summed E-state index contributed by atoms with van der Waals surface area (Å²) in [5.74, 6) is 2.47. The second-order valence-electron chi connectivity index (χ2n) is 13.4. The van der Waals surface area contributed by atoms with Crippen molar-refractivity contribution in [2.45, 2.75) is 41.0 Å². The fourth-order valence-electron chi connectivity index (χ4n) is 7.57. The van der Waals surface area contributed by atoms with Crippen molar-refractivity contribution in [3.8, 4) is 45.0 Å². The van der Waals surface area contributed by atoms with Crippen LogP contribution in [0.3, 0.4) is 0 Å². The summed E-state index contributed by atoms with van der Waals surface area (Å²) in [5.41, 5.74) is 13.4. The van der Waals surface area contributed by atoms with Gasteiger partial charge >= 0.3 is 0 Å². The number of para-hydroxylation sites is 1. The van der Waals surface area contributed by atoms with Gasteiger partial charge in [0.1, 0.15) is 0 Å². The quantitative estimate of drug-likeness (QED) is 0.181. The standard InChI is InChI=1S/C47H36N4.C2H6/c1-4-37-38(5-2)42-23-22-39(41-16-11-15-40(37)44(41)42)34-25-33(36-24-32-14-9-10-17-43(32)48-28-36)26-35(27-34)47-50-45(30-12-7-6-8-13-30)49-46(51-47)31-20-18-29(3)19-21-31;1-2/h4-18,20-29H,19H2,1-3H3;1-2H3/b37-4+,38-5+;. The lowest BCUT2D eigenvalue weighted by Crippen LogP contribution is -2.04. The van der Waals surface area contributed by atoms with Crippen molar-refractivity contribution in [2.75, 3.05) is 0 Å². The minimum Gasteiger partial charge on any atom is -0.256 e. The zero-order valence-electron chi connectivity index (χ0n) is 30.9. The van der Waals surface area contributed by atoms with E-state index in [1.54, 1.807) is 0 Å². The summed E-state index contributed by atoms with van der Waals surface area (Å²) in [4.78, 5) is 20.2. The minimum atomic E-state index is 0.490. The number of aromatic nitrogens is 4. The summed E-state index contributed by atoms with van der Waals surface area (Å²) in [6, 6.07) is 38.7. The normalized spacial score (nSPS) is 16.2. The number of nitrogens with zero attached hydrogens (tertiary/aromatic N) is 4. The Bertz CT molecular complexity index is 2620. The van der Waals surface area contributed by atoms with Gasteiger partial charge in [-0.25, -0.2) is 15.0 Å². The Hall–Kier alpha value is -6.26. The monoisotopic (exact) mass is 686 g/mol. The molecule has 9 rings (SSSR count). The third kappa shape index (κ3) is 6.21. The topological polar surface area (TPSA) is 51.6 Å². The summed E-state index contributed by atoms with van der Waals surface area (Å²) in [5, 5.41) is 3.63. The first kappa shape index (κ1) is 33.9. The predicted octanol–water partition coefficient (Wildman–Crippen LogP) is 13.1. The van der Waals surface area contributed by atoms with Crippen molar-refractivity contribution >= 4 is 38.4 Å². The van der Waals surface area contributed by atoms with Crippen molar-refractivity contribution < 1.29 is 0 Å². The van der Waals surface area contributed by atoms with Gasteiger partial charge in [-0.2, -0.15) is 0 Å². The van der Waals surface area contributed by atoms with Crippen LogP contribution in [0.25, 0.3) is 83.4 Å². The Kier molecular flexibility index (Phi) is 9.20. The van der Waals surface area contributed by atoms with Crippen molar-refractivity contribution in [3.05, 3.63) is 163 Å². The molecule has 1 unspecified atom stereocenters. The van der Waals surface area contributed by atoms with Crippen molar-refractivity contribution in [3.63, 3.8) is 0 Å². The summed E-state index contributed by atoms with van der Waals surface area (Å²) in [7, 11) is 0. The van der Waals surface area contributed by atoms with Crippen LogP contribution in [0.15, 0.2) is 146 Å². The lowest BCUT2D eigenvalue weighted by Gasteiger charge is -2.15. The fraction of sp³-hybridized carbons (Fsp3) is 0.143. The minimum absolute atomic E-state index is 0.490. The zero-order valence-corrected chi connectivity index (χ0v) is 30.9. The molecule has 0 amide bonds. The predicted molar refractivity (Wildman–Crippen MR) is 224 cm³/mol. The van der Waals surface area contributed by atoms with Gasteiger partial charge in [0.15, 0.2) is 17.5 Å². The molecule has 2 aromatic heterocycles. The Balaban J connectivity index is 0.00000197.